The molecule has 1 N–H and O–H groups in total. The number of amides is 2. The minimum absolute atomic E-state index is 0.0323. The topological polar surface area (TPSA) is 62.3 Å². The molecule has 0 atom stereocenters. The Balaban J connectivity index is 1.57. The molecule has 0 radical (unpaired) electrons. The van der Waals surface area contributed by atoms with Crippen LogP contribution in [0.15, 0.2) is 42.6 Å². The van der Waals surface area contributed by atoms with Gasteiger partial charge in [-0.15, -0.1) is 0 Å². The van der Waals surface area contributed by atoms with Crippen LogP contribution in [-0.2, 0) is 6.42 Å². The number of halogens is 1. The largest absolute Gasteiger partial charge is 0.350 e. The molecule has 2 heterocycles. The lowest BCUT2D eigenvalue weighted by molar-refractivity contribution is 0.0792. The first-order valence-corrected chi connectivity index (χ1v) is 8.79. The molecule has 0 saturated carbocycles. The van der Waals surface area contributed by atoms with Crippen molar-refractivity contribution in [1.29, 1.82) is 0 Å². The van der Waals surface area contributed by atoms with Crippen LogP contribution in [0.25, 0.3) is 0 Å². The fourth-order valence-electron chi connectivity index (χ4n) is 2.85. The van der Waals surface area contributed by atoms with E-state index < -0.39 is 0 Å². The highest BCUT2D eigenvalue weighted by atomic mass is 35.5. The summed E-state index contributed by atoms with van der Waals surface area (Å²) in [5, 5.41) is 3.53. The van der Waals surface area contributed by atoms with Gasteiger partial charge in [0, 0.05) is 36.4 Å². The number of aromatic nitrogens is 1. The quantitative estimate of drug-likeness (QED) is 0.894. The zero-order chi connectivity index (χ0) is 17.6. The highest BCUT2D eigenvalue weighted by Crippen LogP contribution is 2.13. The Bertz CT molecular complexity index is 756. The summed E-state index contributed by atoms with van der Waals surface area (Å²) in [6, 6.07) is 10.7. The van der Waals surface area contributed by atoms with Crippen molar-refractivity contribution in [3.05, 3.63) is 64.4 Å². The fraction of sp³-hybridized carbons (Fsp3) is 0.316. The summed E-state index contributed by atoms with van der Waals surface area (Å²) in [4.78, 5) is 30.6. The van der Waals surface area contributed by atoms with Crippen LogP contribution in [0.5, 0.6) is 0 Å². The van der Waals surface area contributed by atoms with Gasteiger partial charge in [-0.25, -0.2) is 0 Å². The monoisotopic (exact) mass is 357 g/mol. The van der Waals surface area contributed by atoms with Crippen molar-refractivity contribution in [3.8, 4) is 0 Å². The molecule has 0 aliphatic carbocycles. The first-order valence-electron chi connectivity index (χ1n) is 8.41. The Hall–Kier alpha value is -2.40. The maximum Gasteiger partial charge on any atom is 0.269 e. The summed E-state index contributed by atoms with van der Waals surface area (Å²) in [7, 11) is 0. The average Bonchev–Trinajstić information content (AvgIpc) is 3.17. The van der Waals surface area contributed by atoms with Crippen LogP contribution in [0.1, 0.15) is 39.3 Å². The normalized spacial score (nSPS) is 13.7. The average molecular weight is 358 g/mol. The number of rotatable bonds is 5. The van der Waals surface area contributed by atoms with Crippen LogP contribution in [0, 0.1) is 0 Å². The third kappa shape index (κ3) is 4.57. The fourth-order valence-corrected chi connectivity index (χ4v) is 2.98. The van der Waals surface area contributed by atoms with Crippen LogP contribution < -0.4 is 5.32 Å². The lowest BCUT2D eigenvalue weighted by Crippen LogP contribution is -2.29. The van der Waals surface area contributed by atoms with Crippen LogP contribution in [-0.4, -0.2) is 41.3 Å². The second-order valence-corrected chi connectivity index (χ2v) is 6.50. The highest BCUT2D eigenvalue weighted by Gasteiger charge is 2.20. The van der Waals surface area contributed by atoms with Crippen molar-refractivity contribution in [1.82, 2.24) is 15.2 Å². The van der Waals surface area contributed by atoms with Gasteiger partial charge in [0.15, 0.2) is 0 Å². The molecule has 1 fully saturated rings. The third-order valence-electron chi connectivity index (χ3n) is 4.25. The summed E-state index contributed by atoms with van der Waals surface area (Å²) in [5.41, 5.74) is 1.87. The lowest BCUT2D eigenvalue weighted by Gasteiger charge is -2.15. The van der Waals surface area contributed by atoms with Gasteiger partial charge in [0.05, 0.1) is 0 Å². The van der Waals surface area contributed by atoms with Crippen molar-refractivity contribution >= 4 is 23.4 Å². The van der Waals surface area contributed by atoms with E-state index >= 15 is 0 Å². The zero-order valence-electron chi connectivity index (χ0n) is 13.9. The van der Waals surface area contributed by atoms with Crippen molar-refractivity contribution in [2.24, 2.45) is 0 Å². The molecule has 130 valence electrons. The predicted octanol–water partition coefficient (Wildman–Crippen LogP) is 2.94. The number of carbonyl (C=O) groups excluding carboxylic acids is 2. The van der Waals surface area contributed by atoms with E-state index in [4.69, 9.17) is 11.6 Å². The number of nitrogens with zero attached hydrogens (tertiary/aromatic N) is 2. The number of pyridine rings is 1. The van der Waals surface area contributed by atoms with E-state index in [2.05, 4.69) is 10.3 Å². The number of hydrogen-bond acceptors (Lipinski definition) is 3. The van der Waals surface area contributed by atoms with E-state index in [1.165, 1.54) is 6.20 Å². The molecular formula is C19H20ClN3O2. The van der Waals surface area contributed by atoms with Gasteiger partial charge in [0.1, 0.15) is 5.69 Å². The van der Waals surface area contributed by atoms with E-state index in [-0.39, 0.29) is 17.5 Å². The standard InChI is InChI=1S/C19H20ClN3O2/c20-16-5-3-14(4-6-16)7-9-22-18(24)17-13-15(8-10-21-17)19(25)23-11-1-2-12-23/h3-6,8,10,13H,1-2,7,9,11-12H2,(H,22,24). The molecule has 3 rings (SSSR count). The highest BCUT2D eigenvalue weighted by molar-refractivity contribution is 6.30. The van der Waals surface area contributed by atoms with E-state index in [1.54, 1.807) is 12.1 Å². The van der Waals surface area contributed by atoms with E-state index in [0.717, 1.165) is 31.5 Å². The van der Waals surface area contributed by atoms with Crippen molar-refractivity contribution in [2.75, 3.05) is 19.6 Å². The van der Waals surface area contributed by atoms with Gasteiger partial charge in [-0.1, -0.05) is 23.7 Å². The van der Waals surface area contributed by atoms with E-state index in [0.29, 0.717) is 23.6 Å². The van der Waals surface area contributed by atoms with E-state index in [1.807, 2.05) is 29.2 Å². The molecule has 0 spiro atoms. The minimum Gasteiger partial charge on any atom is -0.350 e. The second-order valence-electron chi connectivity index (χ2n) is 6.06. The molecule has 1 saturated heterocycles. The number of benzene rings is 1. The minimum atomic E-state index is -0.273. The molecule has 1 aliphatic heterocycles. The summed E-state index contributed by atoms with van der Waals surface area (Å²) in [6.45, 7) is 2.06. The van der Waals surface area contributed by atoms with Gasteiger partial charge >= 0.3 is 0 Å². The van der Waals surface area contributed by atoms with Gasteiger partial charge in [-0.05, 0) is 49.1 Å². The molecule has 6 heteroatoms. The summed E-state index contributed by atoms with van der Waals surface area (Å²) in [5.74, 6) is -0.305. The first kappa shape index (κ1) is 17.4. The number of carbonyl (C=O) groups is 2. The van der Waals surface area contributed by atoms with Crippen LogP contribution in [0.3, 0.4) is 0 Å². The van der Waals surface area contributed by atoms with Gasteiger partial charge in [-0.3, -0.25) is 14.6 Å². The predicted molar refractivity (Wildman–Crippen MR) is 96.9 cm³/mol. The Kier molecular flexibility index (Phi) is 5.66. The summed E-state index contributed by atoms with van der Waals surface area (Å²) >= 11 is 5.85. The van der Waals surface area contributed by atoms with Crippen LogP contribution >= 0.6 is 11.6 Å². The van der Waals surface area contributed by atoms with Gasteiger partial charge < -0.3 is 10.2 Å². The Morgan fingerprint density at radius 3 is 2.56 bits per heavy atom. The Morgan fingerprint density at radius 2 is 1.84 bits per heavy atom. The first-order chi connectivity index (χ1) is 12.1. The smallest absolute Gasteiger partial charge is 0.269 e. The number of likely N-dealkylation sites (tertiary alicyclic amines) is 1. The zero-order valence-corrected chi connectivity index (χ0v) is 14.6. The molecular weight excluding hydrogens is 338 g/mol. The molecule has 0 bridgehead atoms. The van der Waals surface area contributed by atoms with Crippen molar-refractivity contribution < 1.29 is 9.59 Å². The Labute approximate surface area is 152 Å². The molecule has 1 aromatic carbocycles. The number of hydrogen-bond donors (Lipinski definition) is 1. The Morgan fingerprint density at radius 1 is 1.12 bits per heavy atom. The van der Waals surface area contributed by atoms with Crippen molar-refractivity contribution in [2.45, 2.75) is 19.3 Å². The molecule has 2 amide bonds. The second kappa shape index (κ2) is 8.12. The molecule has 5 nitrogen and oxygen atoms in total. The van der Waals surface area contributed by atoms with E-state index in [9.17, 15) is 9.59 Å². The van der Waals surface area contributed by atoms with Gasteiger partial charge in [0.25, 0.3) is 11.8 Å². The lowest BCUT2D eigenvalue weighted by atomic mass is 10.1. The maximum absolute atomic E-state index is 12.4. The third-order valence-corrected chi connectivity index (χ3v) is 4.50. The van der Waals surface area contributed by atoms with Crippen LogP contribution in [0.4, 0.5) is 0 Å². The molecule has 25 heavy (non-hydrogen) atoms. The van der Waals surface area contributed by atoms with Crippen molar-refractivity contribution in [3.63, 3.8) is 0 Å². The number of nitrogens with one attached hydrogen (secondary N) is 1. The SMILES string of the molecule is O=C(NCCc1ccc(Cl)cc1)c1cc(C(=O)N2CCCC2)ccn1. The summed E-state index contributed by atoms with van der Waals surface area (Å²) in [6.07, 6.45) is 4.29. The van der Waals surface area contributed by atoms with Gasteiger partial charge in [0.2, 0.25) is 0 Å². The maximum atomic E-state index is 12.4. The molecule has 1 aliphatic rings. The molecule has 0 unspecified atom stereocenters. The molecule has 2 aromatic rings. The molecule has 1 aromatic heterocycles. The van der Waals surface area contributed by atoms with Gasteiger partial charge in [-0.2, -0.15) is 0 Å². The van der Waals surface area contributed by atoms with Crippen LogP contribution in [0.2, 0.25) is 5.02 Å². The summed E-state index contributed by atoms with van der Waals surface area (Å²) < 4.78 is 0.